The van der Waals surface area contributed by atoms with E-state index < -0.39 is 5.41 Å². The first-order chi connectivity index (χ1) is 30.8. The van der Waals surface area contributed by atoms with Crippen molar-refractivity contribution in [3.05, 3.63) is 259 Å². The third-order valence-electron chi connectivity index (χ3n) is 13.6. The molecule has 1 heteroatoms. The average Bonchev–Trinajstić information content (AvgIpc) is 3.82. The van der Waals surface area contributed by atoms with Gasteiger partial charge in [-0.3, -0.25) is 0 Å². The van der Waals surface area contributed by atoms with Crippen molar-refractivity contribution in [3.63, 3.8) is 0 Å². The molecule has 11 aromatic carbocycles. The molecule has 0 atom stereocenters. The van der Waals surface area contributed by atoms with E-state index in [0.717, 1.165) is 17.1 Å². The second-order valence-corrected chi connectivity index (χ2v) is 16.8. The molecule has 288 valence electrons. The van der Waals surface area contributed by atoms with Crippen molar-refractivity contribution < 1.29 is 0 Å². The van der Waals surface area contributed by atoms with Gasteiger partial charge in [0.1, 0.15) is 0 Å². The molecule has 13 rings (SSSR count). The van der Waals surface area contributed by atoms with Gasteiger partial charge in [-0.1, -0.05) is 194 Å². The van der Waals surface area contributed by atoms with E-state index in [1.54, 1.807) is 0 Å². The summed E-state index contributed by atoms with van der Waals surface area (Å²) in [6.45, 7) is 0. The lowest BCUT2D eigenvalue weighted by molar-refractivity contribution is 0.794. The van der Waals surface area contributed by atoms with Crippen LogP contribution in [0.5, 0.6) is 0 Å². The lowest BCUT2D eigenvalue weighted by Gasteiger charge is -2.31. The Bertz CT molecular complexity index is 3440. The van der Waals surface area contributed by atoms with Crippen LogP contribution >= 0.6 is 0 Å². The van der Waals surface area contributed by atoms with Crippen LogP contribution < -0.4 is 4.90 Å². The Morgan fingerprint density at radius 3 is 1.15 bits per heavy atom. The topological polar surface area (TPSA) is 3.24 Å². The van der Waals surface area contributed by atoms with E-state index in [1.165, 1.54) is 99.1 Å². The standard InChI is InChI=1S/C61H39N/c1-3-17-40(18-4-1)42-35-43(41-19-5-2-6-20-41)37-46(36-42)62(44-31-33-51-49-23-8-7-21-47(49)48-22-9-10-24-50(48)55(51)38-44)45-32-34-60-56(39-45)54-27-13-16-30-59(54)61(60)57-28-14-11-25-52(57)53-26-12-15-29-58(53)61/h1-39H. The van der Waals surface area contributed by atoms with Gasteiger partial charge in [-0.2, -0.15) is 0 Å². The maximum absolute atomic E-state index is 2.49. The van der Waals surface area contributed by atoms with Gasteiger partial charge in [-0.05, 0) is 142 Å². The summed E-state index contributed by atoms with van der Waals surface area (Å²) in [5.41, 5.74) is 18.2. The third-order valence-corrected chi connectivity index (χ3v) is 13.6. The molecular weight excluding hydrogens is 747 g/mol. The molecule has 0 amide bonds. The summed E-state index contributed by atoms with van der Waals surface area (Å²) in [6.07, 6.45) is 0. The molecule has 0 bridgehead atoms. The molecule has 11 aromatic rings. The van der Waals surface area contributed by atoms with Crippen molar-refractivity contribution in [2.45, 2.75) is 5.41 Å². The van der Waals surface area contributed by atoms with Crippen molar-refractivity contribution in [2.75, 3.05) is 4.90 Å². The number of anilines is 3. The molecule has 0 saturated carbocycles. The van der Waals surface area contributed by atoms with Crippen LogP contribution in [0.4, 0.5) is 17.1 Å². The van der Waals surface area contributed by atoms with Gasteiger partial charge in [0.25, 0.3) is 0 Å². The lowest BCUT2D eigenvalue weighted by Crippen LogP contribution is -2.25. The minimum absolute atomic E-state index is 0.404. The molecule has 0 aliphatic heterocycles. The molecule has 0 saturated heterocycles. The number of nitrogens with zero attached hydrogens (tertiary/aromatic N) is 1. The van der Waals surface area contributed by atoms with Gasteiger partial charge in [-0.15, -0.1) is 0 Å². The van der Waals surface area contributed by atoms with E-state index in [9.17, 15) is 0 Å². The van der Waals surface area contributed by atoms with Crippen molar-refractivity contribution in [3.8, 4) is 44.5 Å². The van der Waals surface area contributed by atoms with Crippen molar-refractivity contribution in [1.82, 2.24) is 0 Å². The molecule has 0 N–H and O–H groups in total. The molecule has 2 aliphatic carbocycles. The number of hydrogen-bond acceptors (Lipinski definition) is 1. The Balaban J connectivity index is 1.10. The lowest BCUT2D eigenvalue weighted by atomic mass is 9.70. The van der Waals surface area contributed by atoms with Crippen LogP contribution in [0.2, 0.25) is 0 Å². The van der Waals surface area contributed by atoms with Crippen LogP contribution in [0, 0.1) is 0 Å². The smallest absolute Gasteiger partial charge is 0.0725 e. The molecule has 0 fully saturated rings. The minimum Gasteiger partial charge on any atom is -0.310 e. The molecule has 0 aromatic heterocycles. The molecule has 0 unspecified atom stereocenters. The van der Waals surface area contributed by atoms with Crippen LogP contribution in [0.3, 0.4) is 0 Å². The predicted octanol–water partition coefficient (Wildman–Crippen LogP) is 16.3. The highest BCUT2D eigenvalue weighted by Crippen LogP contribution is 2.63. The fourth-order valence-electron chi connectivity index (χ4n) is 11.0. The van der Waals surface area contributed by atoms with Crippen molar-refractivity contribution in [1.29, 1.82) is 0 Å². The highest BCUT2D eigenvalue weighted by Gasteiger charge is 2.51. The molecule has 62 heavy (non-hydrogen) atoms. The predicted molar refractivity (Wildman–Crippen MR) is 261 cm³/mol. The highest BCUT2D eigenvalue weighted by molar-refractivity contribution is 6.25. The number of fused-ring (bicyclic) bond motifs is 16. The molecule has 0 radical (unpaired) electrons. The van der Waals surface area contributed by atoms with E-state index >= 15 is 0 Å². The number of rotatable bonds is 5. The second-order valence-electron chi connectivity index (χ2n) is 16.8. The summed E-state index contributed by atoms with van der Waals surface area (Å²) >= 11 is 0. The first-order valence-corrected chi connectivity index (χ1v) is 21.6. The van der Waals surface area contributed by atoms with Crippen molar-refractivity contribution >= 4 is 49.4 Å². The largest absolute Gasteiger partial charge is 0.310 e. The first-order valence-electron chi connectivity index (χ1n) is 21.6. The molecule has 2 aliphatic rings. The molecule has 1 spiro atoms. The normalized spacial score (nSPS) is 13.0. The zero-order valence-electron chi connectivity index (χ0n) is 34.0. The third kappa shape index (κ3) is 4.97. The number of hydrogen-bond donors (Lipinski definition) is 0. The number of benzene rings is 11. The monoisotopic (exact) mass is 785 g/mol. The van der Waals surface area contributed by atoms with Gasteiger partial charge in [0, 0.05) is 17.1 Å². The van der Waals surface area contributed by atoms with Crippen LogP contribution in [-0.2, 0) is 5.41 Å². The Morgan fingerprint density at radius 2 is 0.613 bits per heavy atom. The van der Waals surface area contributed by atoms with Gasteiger partial charge >= 0.3 is 0 Å². The van der Waals surface area contributed by atoms with E-state index in [-0.39, 0.29) is 0 Å². The van der Waals surface area contributed by atoms with Crippen LogP contribution in [0.1, 0.15) is 22.3 Å². The van der Waals surface area contributed by atoms with Gasteiger partial charge in [-0.25, -0.2) is 0 Å². The Hall–Kier alpha value is -8.00. The van der Waals surface area contributed by atoms with Gasteiger partial charge < -0.3 is 4.90 Å². The molecule has 0 heterocycles. The Kier molecular flexibility index (Phi) is 7.59. The Labute approximate surface area is 361 Å². The fourth-order valence-corrected chi connectivity index (χ4v) is 11.0. The first kappa shape index (κ1) is 34.8. The zero-order chi connectivity index (χ0) is 40.8. The van der Waals surface area contributed by atoms with Crippen LogP contribution in [0.25, 0.3) is 76.8 Å². The Morgan fingerprint density at radius 1 is 0.226 bits per heavy atom. The van der Waals surface area contributed by atoms with Crippen LogP contribution in [-0.4, -0.2) is 0 Å². The zero-order valence-corrected chi connectivity index (χ0v) is 34.0. The summed E-state index contributed by atoms with van der Waals surface area (Å²) < 4.78 is 0. The quantitative estimate of drug-likeness (QED) is 0.157. The summed E-state index contributed by atoms with van der Waals surface area (Å²) in [5, 5.41) is 7.59. The van der Waals surface area contributed by atoms with E-state index in [2.05, 4.69) is 241 Å². The van der Waals surface area contributed by atoms with E-state index in [1.807, 2.05) is 0 Å². The molecular formula is C61H39N. The van der Waals surface area contributed by atoms with Gasteiger partial charge in [0.15, 0.2) is 0 Å². The maximum atomic E-state index is 2.49. The van der Waals surface area contributed by atoms with E-state index in [0.29, 0.717) is 0 Å². The summed E-state index contributed by atoms with van der Waals surface area (Å²) in [6, 6.07) is 87.9. The maximum Gasteiger partial charge on any atom is 0.0725 e. The second kappa shape index (κ2) is 13.5. The van der Waals surface area contributed by atoms with Gasteiger partial charge in [0.2, 0.25) is 0 Å². The fraction of sp³-hybridized carbons (Fsp3) is 0.0164. The summed E-state index contributed by atoms with van der Waals surface area (Å²) in [5.74, 6) is 0. The summed E-state index contributed by atoms with van der Waals surface area (Å²) in [7, 11) is 0. The minimum atomic E-state index is -0.404. The van der Waals surface area contributed by atoms with E-state index in [4.69, 9.17) is 0 Å². The average molecular weight is 786 g/mol. The van der Waals surface area contributed by atoms with Crippen LogP contribution in [0.15, 0.2) is 237 Å². The van der Waals surface area contributed by atoms with Gasteiger partial charge in [0.05, 0.1) is 5.41 Å². The highest BCUT2D eigenvalue weighted by atomic mass is 15.1. The SMILES string of the molecule is c1ccc(-c2cc(-c3ccccc3)cc(N(c3ccc4c(c3)-c3ccccc3C43c4ccccc4-c4ccccc43)c3ccc4c5ccccc5c5ccccc5c4c3)c2)cc1. The van der Waals surface area contributed by atoms with Crippen molar-refractivity contribution in [2.24, 2.45) is 0 Å². The molecule has 1 nitrogen and oxygen atoms in total. The summed E-state index contributed by atoms with van der Waals surface area (Å²) in [4.78, 5) is 2.49.